The zero-order chi connectivity index (χ0) is 12.3. The van der Waals surface area contributed by atoms with Crippen LogP contribution in [0.15, 0.2) is 57.0 Å². The zero-order valence-corrected chi connectivity index (χ0v) is 11.7. The van der Waals surface area contributed by atoms with Gasteiger partial charge in [0.25, 0.3) is 0 Å². The summed E-state index contributed by atoms with van der Waals surface area (Å²) < 4.78 is 0.924. The van der Waals surface area contributed by atoms with Gasteiger partial charge >= 0.3 is 0 Å². The van der Waals surface area contributed by atoms with E-state index >= 15 is 0 Å². The summed E-state index contributed by atoms with van der Waals surface area (Å²) in [4.78, 5) is 5.36. The number of rotatable bonds is 3. The molecule has 0 amide bonds. The van der Waals surface area contributed by atoms with Crippen LogP contribution in [-0.4, -0.2) is 10.1 Å². The molecule has 1 aromatic carbocycles. The number of halogens is 1. The van der Waals surface area contributed by atoms with Crippen LogP contribution in [0.4, 0.5) is 0 Å². The first-order valence-corrected chi connectivity index (χ1v) is 6.84. The lowest BCUT2D eigenvalue weighted by Crippen LogP contribution is -1.92. The van der Waals surface area contributed by atoms with Crippen molar-refractivity contribution < 1.29 is 5.11 Å². The van der Waals surface area contributed by atoms with Crippen LogP contribution in [0.25, 0.3) is 0 Å². The minimum atomic E-state index is -0.460. The first-order chi connectivity index (χ1) is 8.16. The Kier molecular flexibility index (Phi) is 4.20. The van der Waals surface area contributed by atoms with Crippen LogP contribution in [-0.2, 0) is 0 Å². The molecular weight excluding hydrogens is 298 g/mol. The van der Waals surface area contributed by atoms with E-state index < -0.39 is 6.10 Å². The van der Waals surface area contributed by atoms with E-state index in [9.17, 15) is 5.11 Å². The van der Waals surface area contributed by atoms with Crippen molar-refractivity contribution >= 4 is 27.7 Å². The third-order valence-electron chi connectivity index (χ3n) is 2.28. The summed E-state index contributed by atoms with van der Waals surface area (Å²) in [6.07, 6.45) is 1.32. The fraction of sp³-hybridized carbons (Fsp3) is 0.154. The molecule has 0 aliphatic rings. The lowest BCUT2D eigenvalue weighted by molar-refractivity contribution is 0.198. The third kappa shape index (κ3) is 3.31. The highest BCUT2D eigenvalue weighted by Gasteiger charge is 2.07. The molecule has 4 heteroatoms. The smallest absolute Gasteiger partial charge is 0.101 e. The number of benzene rings is 1. The summed E-state index contributed by atoms with van der Waals surface area (Å²) in [5.41, 5.74) is 0.898. The molecule has 88 valence electrons. The quantitative estimate of drug-likeness (QED) is 0.928. The standard InChI is InChI=1S/C13H12BrNOS/c1-9(16)11-6-5-10(8-12(11)14)17-13-4-2-3-7-15-13/h2-9,16H,1H3/t9-/m1/s1. The van der Waals surface area contributed by atoms with Gasteiger partial charge in [-0.3, -0.25) is 0 Å². The topological polar surface area (TPSA) is 33.1 Å². The molecule has 17 heavy (non-hydrogen) atoms. The van der Waals surface area contributed by atoms with E-state index in [0.717, 1.165) is 20.0 Å². The average molecular weight is 310 g/mol. The first-order valence-electron chi connectivity index (χ1n) is 5.23. The minimum absolute atomic E-state index is 0.460. The molecule has 1 atom stereocenters. The van der Waals surface area contributed by atoms with Gasteiger partial charge in [0.1, 0.15) is 5.03 Å². The number of nitrogens with zero attached hydrogens (tertiary/aromatic N) is 1. The van der Waals surface area contributed by atoms with Crippen LogP contribution in [0.3, 0.4) is 0 Å². The lowest BCUT2D eigenvalue weighted by Gasteiger charge is -2.09. The fourth-order valence-electron chi connectivity index (χ4n) is 1.44. The Bertz CT molecular complexity index is 502. The Balaban J connectivity index is 2.21. The van der Waals surface area contributed by atoms with Crippen molar-refractivity contribution in [2.75, 3.05) is 0 Å². The number of hydrogen-bond donors (Lipinski definition) is 1. The van der Waals surface area contributed by atoms with E-state index in [-0.39, 0.29) is 0 Å². The second-order valence-electron chi connectivity index (χ2n) is 3.63. The molecule has 1 N–H and O–H groups in total. The third-order valence-corrected chi connectivity index (χ3v) is 3.91. The molecule has 0 spiro atoms. The zero-order valence-electron chi connectivity index (χ0n) is 9.30. The highest BCUT2D eigenvalue weighted by Crippen LogP contribution is 2.31. The molecule has 0 saturated heterocycles. The fourth-order valence-corrected chi connectivity index (χ4v) is 3.11. The lowest BCUT2D eigenvalue weighted by atomic mass is 10.1. The molecular formula is C13H12BrNOS. The van der Waals surface area contributed by atoms with Crippen molar-refractivity contribution in [2.45, 2.75) is 22.9 Å². The number of aromatic nitrogens is 1. The number of hydrogen-bond acceptors (Lipinski definition) is 3. The number of aliphatic hydroxyl groups excluding tert-OH is 1. The maximum absolute atomic E-state index is 9.54. The van der Waals surface area contributed by atoms with Gasteiger partial charge in [0.05, 0.1) is 6.10 Å². The normalized spacial score (nSPS) is 12.4. The molecule has 2 rings (SSSR count). The molecule has 0 saturated carbocycles. The van der Waals surface area contributed by atoms with Crippen LogP contribution in [0, 0.1) is 0 Å². The monoisotopic (exact) mass is 309 g/mol. The van der Waals surface area contributed by atoms with Gasteiger partial charge in [-0.15, -0.1) is 0 Å². The van der Waals surface area contributed by atoms with Crippen molar-refractivity contribution in [2.24, 2.45) is 0 Å². The van der Waals surface area contributed by atoms with Gasteiger partial charge in [0.15, 0.2) is 0 Å². The Morgan fingerprint density at radius 3 is 2.71 bits per heavy atom. The molecule has 0 radical (unpaired) electrons. The molecule has 0 unspecified atom stereocenters. The molecule has 1 aromatic heterocycles. The molecule has 0 fully saturated rings. The predicted octanol–water partition coefficient (Wildman–Crippen LogP) is 4.05. The van der Waals surface area contributed by atoms with Crippen molar-refractivity contribution in [3.63, 3.8) is 0 Å². The van der Waals surface area contributed by atoms with Crippen molar-refractivity contribution in [1.82, 2.24) is 4.98 Å². The van der Waals surface area contributed by atoms with Gasteiger partial charge < -0.3 is 5.11 Å². The van der Waals surface area contributed by atoms with E-state index in [1.807, 2.05) is 36.4 Å². The largest absolute Gasteiger partial charge is 0.389 e. The number of aliphatic hydroxyl groups is 1. The summed E-state index contributed by atoms with van der Waals surface area (Å²) in [5, 5.41) is 10.5. The predicted molar refractivity (Wildman–Crippen MR) is 73.1 cm³/mol. The van der Waals surface area contributed by atoms with Gasteiger partial charge in [0, 0.05) is 15.6 Å². The van der Waals surface area contributed by atoms with Gasteiger partial charge in [-0.25, -0.2) is 4.98 Å². The van der Waals surface area contributed by atoms with Crippen LogP contribution >= 0.6 is 27.7 Å². The van der Waals surface area contributed by atoms with Crippen LogP contribution in [0.1, 0.15) is 18.6 Å². The second-order valence-corrected chi connectivity index (χ2v) is 5.58. The van der Waals surface area contributed by atoms with Crippen molar-refractivity contribution in [3.8, 4) is 0 Å². The summed E-state index contributed by atoms with van der Waals surface area (Å²) in [6.45, 7) is 1.76. The Morgan fingerprint density at radius 2 is 2.12 bits per heavy atom. The highest BCUT2D eigenvalue weighted by molar-refractivity contribution is 9.10. The van der Waals surface area contributed by atoms with Gasteiger partial charge in [-0.2, -0.15) is 0 Å². The second kappa shape index (κ2) is 5.67. The van der Waals surface area contributed by atoms with E-state index in [4.69, 9.17) is 0 Å². The minimum Gasteiger partial charge on any atom is -0.389 e. The van der Waals surface area contributed by atoms with Crippen molar-refractivity contribution in [1.29, 1.82) is 0 Å². The molecule has 0 aliphatic carbocycles. The molecule has 0 aliphatic heterocycles. The van der Waals surface area contributed by atoms with Crippen LogP contribution in [0.2, 0.25) is 0 Å². The Labute approximate surface area is 113 Å². The Morgan fingerprint density at radius 1 is 1.29 bits per heavy atom. The van der Waals surface area contributed by atoms with Crippen LogP contribution < -0.4 is 0 Å². The highest BCUT2D eigenvalue weighted by atomic mass is 79.9. The van der Waals surface area contributed by atoms with Crippen molar-refractivity contribution in [3.05, 3.63) is 52.6 Å². The maximum atomic E-state index is 9.54. The molecule has 1 heterocycles. The molecule has 2 nitrogen and oxygen atoms in total. The van der Waals surface area contributed by atoms with Crippen LogP contribution in [0.5, 0.6) is 0 Å². The first kappa shape index (κ1) is 12.6. The van der Waals surface area contributed by atoms with Gasteiger partial charge in [-0.05, 0) is 36.8 Å². The SMILES string of the molecule is C[C@@H](O)c1ccc(Sc2ccccn2)cc1Br. The Hall–Kier alpha value is -0.840. The summed E-state index contributed by atoms with van der Waals surface area (Å²) in [7, 11) is 0. The summed E-state index contributed by atoms with van der Waals surface area (Å²) in [6, 6.07) is 11.8. The van der Waals surface area contributed by atoms with Gasteiger partial charge in [-0.1, -0.05) is 39.8 Å². The van der Waals surface area contributed by atoms with E-state index in [2.05, 4.69) is 20.9 Å². The summed E-state index contributed by atoms with van der Waals surface area (Å²) in [5.74, 6) is 0. The van der Waals surface area contributed by atoms with E-state index in [1.54, 1.807) is 24.9 Å². The maximum Gasteiger partial charge on any atom is 0.101 e. The summed E-state index contributed by atoms with van der Waals surface area (Å²) >= 11 is 5.07. The molecule has 2 aromatic rings. The van der Waals surface area contributed by atoms with Gasteiger partial charge in [0.2, 0.25) is 0 Å². The number of pyridine rings is 1. The van der Waals surface area contributed by atoms with E-state index in [0.29, 0.717) is 0 Å². The average Bonchev–Trinajstić information content (AvgIpc) is 2.30. The molecule has 0 bridgehead atoms. The van der Waals surface area contributed by atoms with E-state index in [1.165, 1.54) is 0 Å².